The average molecular weight is 303 g/mol. The smallest absolute Gasteiger partial charge is 0.407 e. The molecule has 0 unspecified atom stereocenters. The molecule has 0 spiro atoms. The molecule has 1 fully saturated rings. The molecule has 1 aliphatic carbocycles. The van der Waals surface area contributed by atoms with Gasteiger partial charge >= 0.3 is 6.09 Å². The van der Waals surface area contributed by atoms with E-state index in [0.29, 0.717) is 0 Å². The second-order valence-electron chi connectivity index (χ2n) is 5.92. The van der Waals surface area contributed by atoms with Crippen molar-refractivity contribution in [1.29, 1.82) is 0 Å². The van der Waals surface area contributed by atoms with E-state index in [1.165, 1.54) is 19.3 Å². The maximum absolute atomic E-state index is 12.2. The van der Waals surface area contributed by atoms with Gasteiger partial charge in [0.05, 0.1) is 6.54 Å². The zero-order chi connectivity index (χ0) is 15.6. The van der Waals surface area contributed by atoms with Crippen LogP contribution in [0.2, 0.25) is 0 Å². The first-order chi connectivity index (χ1) is 10.8. The van der Waals surface area contributed by atoms with E-state index in [4.69, 9.17) is 4.74 Å². The van der Waals surface area contributed by atoms with Crippen LogP contribution in [0.1, 0.15) is 50.5 Å². The van der Waals surface area contributed by atoms with E-state index >= 15 is 0 Å². The molecular weight excluding hydrogens is 278 g/mol. The van der Waals surface area contributed by atoms with Gasteiger partial charge in [-0.3, -0.25) is 4.79 Å². The van der Waals surface area contributed by atoms with Crippen molar-refractivity contribution in [3.8, 4) is 0 Å². The molecule has 0 bridgehead atoms. The molecule has 0 heterocycles. The number of carbonyl (C=O) groups excluding carboxylic acids is 2. The van der Waals surface area contributed by atoms with E-state index in [-0.39, 0.29) is 24.9 Å². The molecule has 1 amide bonds. The van der Waals surface area contributed by atoms with Crippen LogP contribution >= 0.6 is 0 Å². The van der Waals surface area contributed by atoms with Crippen molar-refractivity contribution in [2.75, 3.05) is 6.54 Å². The van der Waals surface area contributed by atoms with Crippen LogP contribution in [-0.4, -0.2) is 18.4 Å². The van der Waals surface area contributed by atoms with E-state index in [1.54, 1.807) is 0 Å². The molecule has 4 heteroatoms. The Morgan fingerprint density at radius 1 is 1.00 bits per heavy atom. The van der Waals surface area contributed by atoms with E-state index in [2.05, 4.69) is 5.32 Å². The first-order valence-electron chi connectivity index (χ1n) is 8.23. The van der Waals surface area contributed by atoms with Crippen molar-refractivity contribution in [3.05, 3.63) is 35.9 Å². The van der Waals surface area contributed by atoms with Gasteiger partial charge in [0.2, 0.25) is 0 Å². The first-order valence-corrected chi connectivity index (χ1v) is 8.23. The zero-order valence-electron chi connectivity index (χ0n) is 13.1. The van der Waals surface area contributed by atoms with Gasteiger partial charge in [0.1, 0.15) is 6.61 Å². The minimum absolute atomic E-state index is 0.0816. The minimum atomic E-state index is -0.525. The van der Waals surface area contributed by atoms with E-state index in [0.717, 1.165) is 31.2 Å². The Bertz CT molecular complexity index is 464. The predicted molar refractivity (Wildman–Crippen MR) is 85.4 cm³/mol. The molecule has 22 heavy (non-hydrogen) atoms. The van der Waals surface area contributed by atoms with Crippen LogP contribution < -0.4 is 5.32 Å². The monoisotopic (exact) mass is 303 g/mol. The van der Waals surface area contributed by atoms with Crippen LogP contribution in [-0.2, 0) is 16.1 Å². The summed E-state index contributed by atoms with van der Waals surface area (Å²) in [6, 6.07) is 9.50. The van der Waals surface area contributed by atoms with Crippen LogP contribution in [0.4, 0.5) is 4.79 Å². The van der Waals surface area contributed by atoms with Gasteiger partial charge in [0.25, 0.3) is 0 Å². The standard InChI is InChI=1S/C18H25NO3/c20-17(16-11-7-2-1-3-8-12-16)13-19-18(21)22-14-15-9-5-4-6-10-15/h4-6,9-10,16H,1-3,7-8,11-14H2,(H,19,21). The first kappa shape index (κ1) is 16.5. The Balaban J connectivity index is 1.67. The lowest BCUT2D eigenvalue weighted by Gasteiger charge is -2.18. The topological polar surface area (TPSA) is 55.4 Å². The maximum atomic E-state index is 12.2. The second kappa shape index (κ2) is 9.23. The highest BCUT2D eigenvalue weighted by atomic mass is 16.5. The third-order valence-electron chi connectivity index (χ3n) is 4.18. The Morgan fingerprint density at radius 2 is 1.64 bits per heavy atom. The van der Waals surface area contributed by atoms with Crippen LogP contribution in [0.25, 0.3) is 0 Å². The molecule has 1 aliphatic rings. The fourth-order valence-electron chi connectivity index (χ4n) is 2.86. The van der Waals surface area contributed by atoms with E-state index in [9.17, 15) is 9.59 Å². The highest BCUT2D eigenvalue weighted by molar-refractivity contribution is 5.85. The van der Waals surface area contributed by atoms with Gasteiger partial charge in [0, 0.05) is 5.92 Å². The number of alkyl carbamates (subject to hydrolysis) is 1. The fraction of sp³-hybridized carbons (Fsp3) is 0.556. The number of rotatable bonds is 5. The normalized spacial score (nSPS) is 16.4. The summed E-state index contributed by atoms with van der Waals surface area (Å²) in [6.07, 6.45) is 7.35. The van der Waals surface area contributed by atoms with Crippen molar-refractivity contribution in [1.82, 2.24) is 5.32 Å². The molecule has 0 saturated heterocycles. The molecule has 1 aromatic carbocycles. The van der Waals surface area contributed by atoms with Gasteiger partial charge in [-0.25, -0.2) is 4.79 Å². The molecule has 2 rings (SSSR count). The summed E-state index contributed by atoms with van der Waals surface area (Å²) in [5.74, 6) is 0.244. The Kier molecular flexibility index (Phi) is 6.94. The number of amides is 1. The van der Waals surface area contributed by atoms with Gasteiger partial charge in [0.15, 0.2) is 5.78 Å². The van der Waals surface area contributed by atoms with E-state index < -0.39 is 6.09 Å². The molecule has 1 N–H and O–H groups in total. The molecule has 0 aromatic heterocycles. The van der Waals surface area contributed by atoms with Gasteiger partial charge in [-0.2, -0.15) is 0 Å². The number of hydrogen-bond donors (Lipinski definition) is 1. The number of carbonyl (C=O) groups is 2. The molecule has 0 atom stereocenters. The number of nitrogens with one attached hydrogen (secondary N) is 1. The van der Waals surface area contributed by atoms with Crippen molar-refractivity contribution >= 4 is 11.9 Å². The summed E-state index contributed by atoms with van der Waals surface area (Å²) >= 11 is 0. The average Bonchev–Trinajstić information content (AvgIpc) is 2.51. The van der Waals surface area contributed by atoms with Crippen LogP contribution in [0.3, 0.4) is 0 Å². The number of hydrogen-bond acceptors (Lipinski definition) is 3. The molecule has 0 aliphatic heterocycles. The van der Waals surface area contributed by atoms with Crippen molar-refractivity contribution in [3.63, 3.8) is 0 Å². The summed E-state index contributed by atoms with van der Waals surface area (Å²) in [5, 5.41) is 2.58. The van der Waals surface area contributed by atoms with Gasteiger partial charge in [-0.15, -0.1) is 0 Å². The van der Waals surface area contributed by atoms with Crippen molar-refractivity contribution < 1.29 is 14.3 Å². The molecule has 1 aromatic rings. The van der Waals surface area contributed by atoms with Gasteiger partial charge in [-0.1, -0.05) is 62.4 Å². The molecule has 4 nitrogen and oxygen atoms in total. The van der Waals surface area contributed by atoms with Crippen molar-refractivity contribution in [2.45, 2.75) is 51.6 Å². The third-order valence-corrected chi connectivity index (χ3v) is 4.18. The Morgan fingerprint density at radius 3 is 2.32 bits per heavy atom. The second-order valence-corrected chi connectivity index (χ2v) is 5.92. The maximum Gasteiger partial charge on any atom is 0.407 e. The van der Waals surface area contributed by atoms with Crippen molar-refractivity contribution in [2.24, 2.45) is 5.92 Å². The lowest BCUT2D eigenvalue weighted by Crippen LogP contribution is -2.33. The summed E-state index contributed by atoms with van der Waals surface area (Å²) < 4.78 is 5.11. The number of ether oxygens (including phenoxy) is 1. The SMILES string of the molecule is O=C(NCC(=O)C1CCCCCCC1)OCc1ccccc1. The highest BCUT2D eigenvalue weighted by Crippen LogP contribution is 2.22. The van der Waals surface area contributed by atoms with Gasteiger partial charge < -0.3 is 10.1 Å². The van der Waals surface area contributed by atoms with Crippen LogP contribution in [0, 0.1) is 5.92 Å². The van der Waals surface area contributed by atoms with E-state index in [1.807, 2.05) is 30.3 Å². The molecular formula is C18H25NO3. The summed E-state index contributed by atoms with van der Waals surface area (Å²) in [4.78, 5) is 23.8. The highest BCUT2D eigenvalue weighted by Gasteiger charge is 2.19. The van der Waals surface area contributed by atoms with Gasteiger partial charge in [-0.05, 0) is 18.4 Å². The minimum Gasteiger partial charge on any atom is -0.445 e. The lowest BCUT2D eigenvalue weighted by molar-refractivity contribution is -0.122. The molecule has 0 radical (unpaired) electrons. The van der Waals surface area contributed by atoms with Crippen LogP contribution in [0.5, 0.6) is 0 Å². The lowest BCUT2D eigenvalue weighted by atomic mass is 9.88. The summed E-state index contributed by atoms with van der Waals surface area (Å²) in [7, 11) is 0. The summed E-state index contributed by atoms with van der Waals surface area (Å²) in [5.41, 5.74) is 0.934. The summed E-state index contributed by atoms with van der Waals surface area (Å²) in [6.45, 7) is 0.308. The number of ketones is 1. The number of benzene rings is 1. The quantitative estimate of drug-likeness (QED) is 0.899. The zero-order valence-corrected chi connectivity index (χ0v) is 13.1. The Hall–Kier alpha value is -1.84. The Labute approximate surface area is 132 Å². The fourth-order valence-corrected chi connectivity index (χ4v) is 2.86. The molecule has 1 saturated carbocycles. The van der Waals surface area contributed by atoms with Crippen LogP contribution in [0.15, 0.2) is 30.3 Å². The largest absolute Gasteiger partial charge is 0.445 e. The third kappa shape index (κ3) is 5.88. The number of Topliss-reactive ketones (excluding diaryl/α,β-unsaturated/α-hetero) is 1. The molecule has 120 valence electrons. The predicted octanol–water partition coefficient (Wildman–Crippen LogP) is 3.84.